The summed E-state index contributed by atoms with van der Waals surface area (Å²) in [5.41, 5.74) is 2.89. The lowest BCUT2D eigenvalue weighted by Crippen LogP contribution is -1.97. The van der Waals surface area contributed by atoms with Crippen molar-refractivity contribution < 1.29 is 5.21 Å². The van der Waals surface area contributed by atoms with Gasteiger partial charge < -0.3 is 5.21 Å². The molecule has 84 valence electrons. The molecule has 1 aliphatic rings. The molecule has 0 unspecified atom stereocenters. The maximum Gasteiger partial charge on any atom is 0.118 e. The van der Waals surface area contributed by atoms with Gasteiger partial charge in [-0.1, -0.05) is 41.2 Å². The summed E-state index contributed by atoms with van der Waals surface area (Å²) in [4.78, 5) is 0.698. The number of rotatable bonds is 1. The fraction of sp³-hybridized carbons (Fsp3) is 0.0769. The Morgan fingerprint density at radius 1 is 1.41 bits per heavy atom. The van der Waals surface area contributed by atoms with Gasteiger partial charge in [0.15, 0.2) is 0 Å². The highest BCUT2D eigenvalue weighted by Gasteiger charge is 2.18. The Bertz CT molecular complexity index is 579. The van der Waals surface area contributed by atoms with Gasteiger partial charge in [0.1, 0.15) is 11.8 Å². The Kier molecular flexibility index (Phi) is 3.31. The summed E-state index contributed by atoms with van der Waals surface area (Å²) in [7, 11) is 0. The number of oxime groups is 1. The SMILES string of the molecule is Cc1ccccc1/C(C#N)=C1\SC=C\C1=N/O. The highest BCUT2D eigenvalue weighted by Crippen LogP contribution is 2.34. The standard InChI is InChI=1S/C13H10N2OS/c1-9-4-2-3-5-10(9)11(8-14)13-12(15-16)6-7-17-13/h2-7,16H,1H3/b13-11-,15-12+. The van der Waals surface area contributed by atoms with Crippen LogP contribution in [0.2, 0.25) is 0 Å². The van der Waals surface area contributed by atoms with Crippen molar-refractivity contribution in [2.75, 3.05) is 0 Å². The third kappa shape index (κ3) is 2.10. The fourth-order valence-electron chi connectivity index (χ4n) is 1.66. The van der Waals surface area contributed by atoms with Gasteiger partial charge in [0.25, 0.3) is 0 Å². The van der Waals surface area contributed by atoms with Gasteiger partial charge in [-0.3, -0.25) is 0 Å². The van der Waals surface area contributed by atoms with Crippen molar-refractivity contribution in [1.82, 2.24) is 0 Å². The normalized spacial score (nSPS) is 19.4. The third-order valence-corrected chi connectivity index (χ3v) is 3.43. The minimum atomic E-state index is 0.440. The van der Waals surface area contributed by atoms with Gasteiger partial charge in [0.05, 0.1) is 10.5 Å². The summed E-state index contributed by atoms with van der Waals surface area (Å²) in [6.07, 6.45) is 1.69. The van der Waals surface area contributed by atoms with E-state index < -0.39 is 0 Å². The molecule has 1 aromatic carbocycles. The van der Waals surface area contributed by atoms with E-state index in [0.717, 1.165) is 11.1 Å². The lowest BCUT2D eigenvalue weighted by atomic mass is 10.0. The molecule has 0 aromatic heterocycles. The van der Waals surface area contributed by atoms with E-state index in [2.05, 4.69) is 11.2 Å². The van der Waals surface area contributed by atoms with Crippen LogP contribution >= 0.6 is 11.8 Å². The predicted octanol–water partition coefficient (Wildman–Crippen LogP) is 3.32. The quantitative estimate of drug-likeness (QED) is 0.467. The number of hydrogen-bond acceptors (Lipinski definition) is 4. The highest BCUT2D eigenvalue weighted by atomic mass is 32.2. The van der Waals surface area contributed by atoms with E-state index >= 15 is 0 Å². The molecular weight excluding hydrogens is 232 g/mol. The fourth-order valence-corrected chi connectivity index (χ4v) is 2.49. The number of benzene rings is 1. The van der Waals surface area contributed by atoms with Crippen LogP contribution < -0.4 is 0 Å². The Balaban J connectivity index is 2.60. The molecule has 2 rings (SSSR count). The van der Waals surface area contributed by atoms with E-state index in [1.54, 1.807) is 11.5 Å². The maximum atomic E-state index is 9.29. The van der Waals surface area contributed by atoms with Crippen LogP contribution in [0, 0.1) is 18.3 Å². The lowest BCUT2D eigenvalue weighted by molar-refractivity contribution is 0.320. The lowest BCUT2D eigenvalue weighted by Gasteiger charge is -2.06. The molecule has 0 amide bonds. The first kappa shape index (κ1) is 11.5. The van der Waals surface area contributed by atoms with Crippen molar-refractivity contribution in [3.05, 3.63) is 51.8 Å². The van der Waals surface area contributed by atoms with E-state index in [9.17, 15) is 5.26 Å². The first-order valence-corrected chi connectivity index (χ1v) is 5.92. The number of allylic oxidation sites excluding steroid dienone is 3. The van der Waals surface area contributed by atoms with Crippen molar-refractivity contribution in [2.24, 2.45) is 5.16 Å². The van der Waals surface area contributed by atoms with Crippen LogP contribution in [0.5, 0.6) is 0 Å². The van der Waals surface area contributed by atoms with Crippen molar-refractivity contribution >= 4 is 23.0 Å². The van der Waals surface area contributed by atoms with Gasteiger partial charge >= 0.3 is 0 Å². The van der Waals surface area contributed by atoms with E-state index in [-0.39, 0.29) is 0 Å². The predicted molar refractivity (Wildman–Crippen MR) is 69.7 cm³/mol. The molecule has 17 heavy (non-hydrogen) atoms. The third-order valence-electron chi connectivity index (χ3n) is 2.51. The molecule has 1 N–H and O–H groups in total. The molecule has 0 fully saturated rings. The zero-order valence-electron chi connectivity index (χ0n) is 9.21. The molecule has 0 saturated heterocycles. The van der Waals surface area contributed by atoms with E-state index in [1.165, 1.54) is 11.8 Å². The minimum Gasteiger partial charge on any atom is -0.410 e. The number of thioether (sulfide) groups is 1. The zero-order chi connectivity index (χ0) is 12.3. The molecule has 0 saturated carbocycles. The van der Waals surface area contributed by atoms with Crippen LogP contribution in [0.1, 0.15) is 11.1 Å². The molecule has 4 heteroatoms. The Morgan fingerprint density at radius 3 is 2.82 bits per heavy atom. The molecule has 1 aromatic rings. The summed E-state index contributed by atoms with van der Waals surface area (Å²) in [5, 5.41) is 23.2. The molecule has 0 spiro atoms. The van der Waals surface area contributed by atoms with Crippen LogP contribution in [0.25, 0.3) is 5.57 Å². The van der Waals surface area contributed by atoms with Crippen molar-refractivity contribution in [1.29, 1.82) is 5.26 Å². The smallest absolute Gasteiger partial charge is 0.118 e. The Labute approximate surface area is 104 Å². The molecule has 1 heterocycles. The number of nitriles is 1. The summed E-state index contributed by atoms with van der Waals surface area (Å²) >= 11 is 1.40. The van der Waals surface area contributed by atoms with E-state index in [4.69, 9.17) is 5.21 Å². The summed E-state index contributed by atoms with van der Waals surface area (Å²) in [6, 6.07) is 9.87. The van der Waals surface area contributed by atoms with Crippen LogP contribution in [-0.4, -0.2) is 10.9 Å². The summed E-state index contributed by atoms with van der Waals surface area (Å²) < 4.78 is 0. The molecule has 0 aliphatic carbocycles. The monoisotopic (exact) mass is 242 g/mol. The summed E-state index contributed by atoms with van der Waals surface area (Å²) in [5.74, 6) is 0. The largest absolute Gasteiger partial charge is 0.410 e. The topological polar surface area (TPSA) is 56.4 Å². The zero-order valence-corrected chi connectivity index (χ0v) is 10.0. The molecule has 0 radical (unpaired) electrons. The second-order valence-electron chi connectivity index (χ2n) is 3.54. The maximum absolute atomic E-state index is 9.29. The molecule has 0 atom stereocenters. The minimum absolute atomic E-state index is 0.440. The Morgan fingerprint density at radius 2 is 2.18 bits per heavy atom. The first-order valence-electron chi connectivity index (χ1n) is 5.04. The van der Waals surface area contributed by atoms with Gasteiger partial charge in [-0.2, -0.15) is 5.26 Å². The second-order valence-corrected chi connectivity index (χ2v) is 4.45. The van der Waals surface area contributed by atoms with Gasteiger partial charge in [-0.25, -0.2) is 0 Å². The second kappa shape index (κ2) is 4.89. The highest BCUT2D eigenvalue weighted by molar-refractivity contribution is 8.07. The van der Waals surface area contributed by atoms with E-state index in [0.29, 0.717) is 16.2 Å². The number of hydrogen-bond donors (Lipinski definition) is 1. The van der Waals surface area contributed by atoms with Crippen molar-refractivity contribution in [3.8, 4) is 6.07 Å². The number of nitrogens with zero attached hydrogens (tertiary/aromatic N) is 2. The number of aryl methyl sites for hydroxylation is 1. The van der Waals surface area contributed by atoms with Crippen LogP contribution in [-0.2, 0) is 0 Å². The van der Waals surface area contributed by atoms with Crippen LogP contribution in [0.15, 0.2) is 45.8 Å². The molecule has 1 aliphatic heterocycles. The first-order chi connectivity index (χ1) is 8.27. The Hall–Kier alpha value is -1.99. The van der Waals surface area contributed by atoms with Gasteiger partial charge in [0, 0.05) is 0 Å². The summed E-state index contributed by atoms with van der Waals surface area (Å²) in [6.45, 7) is 1.95. The molecular formula is C13H10N2OS. The average molecular weight is 242 g/mol. The van der Waals surface area contributed by atoms with Gasteiger partial charge in [-0.05, 0) is 29.5 Å². The van der Waals surface area contributed by atoms with Crippen LogP contribution in [0.3, 0.4) is 0 Å². The average Bonchev–Trinajstić information content (AvgIpc) is 2.81. The van der Waals surface area contributed by atoms with Gasteiger partial charge in [0.2, 0.25) is 0 Å². The van der Waals surface area contributed by atoms with Crippen LogP contribution in [0.4, 0.5) is 0 Å². The van der Waals surface area contributed by atoms with E-state index in [1.807, 2.05) is 31.2 Å². The van der Waals surface area contributed by atoms with Crippen molar-refractivity contribution in [2.45, 2.75) is 6.92 Å². The molecule has 3 nitrogen and oxygen atoms in total. The van der Waals surface area contributed by atoms with Gasteiger partial charge in [-0.15, -0.1) is 0 Å². The molecule has 0 bridgehead atoms. The van der Waals surface area contributed by atoms with Crippen molar-refractivity contribution in [3.63, 3.8) is 0 Å².